The Balaban J connectivity index is 2.05. The normalized spacial score (nSPS) is 18.1. The highest BCUT2D eigenvalue weighted by Crippen LogP contribution is 2.32. The van der Waals surface area contributed by atoms with E-state index in [1.54, 1.807) is 0 Å². The van der Waals surface area contributed by atoms with Crippen LogP contribution in [0.5, 0.6) is 0 Å². The maximum absolute atomic E-state index is 12.0. The SMILES string of the molecule is CC1CCc2cccc(NC(=O)COC(C)(C)C)c2N1. The molecule has 1 unspecified atom stereocenters. The Bertz CT molecular complexity index is 492. The molecule has 2 rings (SSSR count). The molecule has 0 saturated heterocycles. The Morgan fingerprint density at radius 1 is 1.45 bits per heavy atom. The summed E-state index contributed by atoms with van der Waals surface area (Å²) in [5, 5.41) is 6.39. The van der Waals surface area contributed by atoms with Gasteiger partial charge in [-0.25, -0.2) is 0 Å². The molecule has 1 amide bonds. The van der Waals surface area contributed by atoms with Gasteiger partial charge in [-0.1, -0.05) is 12.1 Å². The molecule has 1 aliphatic heterocycles. The number of hydrogen-bond donors (Lipinski definition) is 2. The van der Waals surface area contributed by atoms with E-state index >= 15 is 0 Å². The van der Waals surface area contributed by atoms with Crippen LogP contribution in [0.3, 0.4) is 0 Å². The van der Waals surface area contributed by atoms with Crippen LogP contribution in [0.2, 0.25) is 0 Å². The minimum atomic E-state index is -0.305. The zero-order chi connectivity index (χ0) is 14.8. The second-order valence-electron chi connectivity index (χ2n) is 6.37. The third-order valence-electron chi connectivity index (χ3n) is 3.30. The first-order chi connectivity index (χ1) is 9.35. The molecule has 0 aliphatic carbocycles. The van der Waals surface area contributed by atoms with Gasteiger partial charge in [-0.3, -0.25) is 4.79 Å². The largest absolute Gasteiger partial charge is 0.381 e. The molecule has 0 bridgehead atoms. The smallest absolute Gasteiger partial charge is 0.250 e. The number of benzene rings is 1. The van der Waals surface area contributed by atoms with Gasteiger partial charge < -0.3 is 15.4 Å². The van der Waals surface area contributed by atoms with E-state index in [0.29, 0.717) is 6.04 Å². The molecule has 0 saturated carbocycles. The van der Waals surface area contributed by atoms with Gasteiger partial charge in [-0.2, -0.15) is 0 Å². The Morgan fingerprint density at radius 2 is 2.20 bits per heavy atom. The molecule has 0 spiro atoms. The Morgan fingerprint density at radius 3 is 2.90 bits per heavy atom. The number of hydrogen-bond acceptors (Lipinski definition) is 3. The molecule has 1 atom stereocenters. The van der Waals surface area contributed by atoms with E-state index in [9.17, 15) is 4.79 Å². The second-order valence-corrected chi connectivity index (χ2v) is 6.37. The van der Waals surface area contributed by atoms with Crippen molar-refractivity contribution in [2.24, 2.45) is 0 Å². The summed E-state index contributed by atoms with van der Waals surface area (Å²) >= 11 is 0. The lowest BCUT2D eigenvalue weighted by Crippen LogP contribution is -2.28. The van der Waals surface area contributed by atoms with Crippen molar-refractivity contribution in [3.63, 3.8) is 0 Å². The van der Waals surface area contributed by atoms with E-state index < -0.39 is 0 Å². The Labute approximate surface area is 120 Å². The summed E-state index contributed by atoms with van der Waals surface area (Å²) in [5.74, 6) is -0.117. The lowest BCUT2D eigenvalue weighted by atomic mass is 9.98. The fraction of sp³-hybridized carbons (Fsp3) is 0.562. The van der Waals surface area contributed by atoms with Crippen molar-refractivity contribution in [1.29, 1.82) is 0 Å². The molecule has 0 aromatic heterocycles. The van der Waals surface area contributed by atoms with Crippen molar-refractivity contribution in [3.8, 4) is 0 Å². The first kappa shape index (κ1) is 14.9. The van der Waals surface area contributed by atoms with Crippen molar-refractivity contribution in [3.05, 3.63) is 23.8 Å². The summed E-state index contributed by atoms with van der Waals surface area (Å²) in [7, 11) is 0. The number of fused-ring (bicyclic) bond motifs is 1. The summed E-state index contributed by atoms with van der Waals surface area (Å²) in [6.07, 6.45) is 2.17. The molecule has 1 heterocycles. The zero-order valence-corrected chi connectivity index (χ0v) is 12.7. The highest BCUT2D eigenvalue weighted by Gasteiger charge is 2.19. The van der Waals surface area contributed by atoms with E-state index in [0.717, 1.165) is 24.2 Å². The minimum absolute atomic E-state index is 0.0721. The van der Waals surface area contributed by atoms with E-state index in [2.05, 4.69) is 23.6 Å². The first-order valence-corrected chi connectivity index (χ1v) is 7.17. The van der Waals surface area contributed by atoms with E-state index in [1.807, 2.05) is 32.9 Å². The van der Waals surface area contributed by atoms with E-state index in [1.165, 1.54) is 5.56 Å². The van der Waals surface area contributed by atoms with Gasteiger partial charge in [0.25, 0.3) is 0 Å². The number of anilines is 2. The fourth-order valence-corrected chi connectivity index (χ4v) is 2.24. The topological polar surface area (TPSA) is 50.4 Å². The number of aryl methyl sites for hydroxylation is 1. The number of ether oxygens (including phenoxy) is 1. The predicted octanol–water partition coefficient (Wildman–Crippen LogP) is 3.19. The summed E-state index contributed by atoms with van der Waals surface area (Å²) in [5.41, 5.74) is 2.85. The maximum Gasteiger partial charge on any atom is 0.250 e. The van der Waals surface area contributed by atoms with Gasteiger partial charge >= 0.3 is 0 Å². The summed E-state index contributed by atoms with van der Waals surface area (Å²) in [6.45, 7) is 8.04. The van der Waals surface area contributed by atoms with Crippen LogP contribution >= 0.6 is 0 Å². The van der Waals surface area contributed by atoms with Crippen LogP contribution in [0.15, 0.2) is 18.2 Å². The average molecular weight is 276 g/mol. The number of nitrogens with one attached hydrogen (secondary N) is 2. The van der Waals surface area contributed by atoms with Gasteiger partial charge in [0.15, 0.2) is 0 Å². The van der Waals surface area contributed by atoms with Gasteiger partial charge in [0.2, 0.25) is 5.91 Å². The van der Waals surface area contributed by atoms with Crippen LogP contribution in [-0.4, -0.2) is 24.2 Å². The number of amides is 1. The third-order valence-corrected chi connectivity index (χ3v) is 3.30. The lowest BCUT2D eigenvalue weighted by Gasteiger charge is -2.26. The van der Waals surface area contributed by atoms with Crippen LogP contribution in [-0.2, 0) is 16.0 Å². The predicted molar refractivity (Wildman–Crippen MR) is 82.2 cm³/mol. The summed E-state index contributed by atoms with van der Waals surface area (Å²) in [4.78, 5) is 12.0. The number of carbonyl (C=O) groups excluding carboxylic acids is 1. The highest BCUT2D eigenvalue weighted by atomic mass is 16.5. The van der Waals surface area contributed by atoms with Crippen molar-refractivity contribution in [2.75, 3.05) is 17.2 Å². The number of rotatable bonds is 3. The second kappa shape index (κ2) is 5.83. The maximum atomic E-state index is 12.0. The molecule has 20 heavy (non-hydrogen) atoms. The number of para-hydroxylation sites is 1. The molecule has 2 N–H and O–H groups in total. The molecule has 110 valence electrons. The van der Waals surface area contributed by atoms with Gasteiger partial charge in [0.1, 0.15) is 6.61 Å². The van der Waals surface area contributed by atoms with Crippen molar-refractivity contribution in [2.45, 2.75) is 52.2 Å². The Kier molecular flexibility index (Phi) is 4.33. The van der Waals surface area contributed by atoms with Gasteiger partial charge in [-0.15, -0.1) is 0 Å². The monoisotopic (exact) mass is 276 g/mol. The van der Waals surface area contributed by atoms with Crippen LogP contribution in [0.25, 0.3) is 0 Å². The molecule has 1 aromatic carbocycles. The summed E-state index contributed by atoms with van der Waals surface area (Å²) in [6, 6.07) is 6.46. The minimum Gasteiger partial charge on any atom is -0.381 e. The Hall–Kier alpha value is -1.55. The molecular weight excluding hydrogens is 252 g/mol. The highest BCUT2D eigenvalue weighted by molar-refractivity contribution is 5.95. The van der Waals surface area contributed by atoms with Crippen LogP contribution < -0.4 is 10.6 Å². The molecular formula is C16H24N2O2. The molecule has 0 radical (unpaired) electrons. The molecule has 1 aromatic rings. The third kappa shape index (κ3) is 3.97. The fourth-order valence-electron chi connectivity index (χ4n) is 2.24. The van der Waals surface area contributed by atoms with Gasteiger partial charge in [0.05, 0.1) is 17.0 Å². The molecule has 0 fully saturated rings. The van der Waals surface area contributed by atoms with Crippen LogP contribution in [0, 0.1) is 0 Å². The lowest BCUT2D eigenvalue weighted by molar-refractivity contribution is -0.125. The van der Waals surface area contributed by atoms with Gasteiger partial charge in [-0.05, 0) is 52.2 Å². The quantitative estimate of drug-likeness (QED) is 0.891. The molecule has 1 aliphatic rings. The molecule has 4 nitrogen and oxygen atoms in total. The van der Waals surface area contributed by atoms with Gasteiger partial charge in [0, 0.05) is 6.04 Å². The van der Waals surface area contributed by atoms with Crippen LogP contribution in [0.1, 0.15) is 39.7 Å². The van der Waals surface area contributed by atoms with Crippen molar-refractivity contribution >= 4 is 17.3 Å². The van der Waals surface area contributed by atoms with E-state index in [4.69, 9.17) is 4.74 Å². The standard InChI is InChI=1S/C16H24N2O2/c1-11-8-9-12-6-5-7-13(15(12)17-11)18-14(19)10-20-16(2,3)4/h5-7,11,17H,8-10H2,1-4H3,(H,18,19). The number of carbonyl (C=O) groups is 1. The van der Waals surface area contributed by atoms with Crippen LogP contribution in [0.4, 0.5) is 11.4 Å². The van der Waals surface area contributed by atoms with E-state index in [-0.39, 0.29) is 18.1 Å². The summed E-state index contributed by atoms with van der Waals surface area (Å²) < 4.78 is 5.50. The van der Waals surface area contributed by atoms with Crippen molar-refractivity contribution in [1.82, 2.24) is 0 Å². The zero-order valence-electron chi connectivity index (χ0n) is 12.7. The van der Waals surface area contributed by atoms with Crippen molar-refractivity contribution < 1.29 is 9.53 Å². The first-order valence-electron chi connectivity index (χ1n) is 7.17. The molecule has 4 heteroatoms. The average Bonchev–Trinajstić information content (AvgIpc) is 2.36.